The van der Waals surface area contributed by atoms with E-state index in [4.69, 9.17) is 4.74 Å². The van der Waals surface area contributed by atoms with Gasteiger partial charge in [-0.05, 0) is 24.6 Å². The van der Waals surface area contributed by atoms with Gasteiger partial charge in [0, 0.05) is 37.9 Å². The molecule has 2 rings (SSSR count). The quantitative estimate of drug-likeness (QED) is 0.804. The first-order valence-electron chi connectivity index (χ1n) is 6.08. The first-order valence-corrected chi connectivity index (χ1v) is 6.08. The Balaban J connectivity index is 2.02. The lowest BCUT2D eigenvalue weighted by molar-refractivity contribution is 0.352. The van der Waals surface area contributed by atoms with Crippen molar-refractivity contribution in [2.45, 2.75) is 6.92 Å². The Kier molecular flexibility index (Phi) is 4.04. The lowest BCUT2D eigenvalue weighted by Crippen LogP contribution is -2.43. The number of hydrogen-bond donors (Lipinski definition) is 1. The van der Waals surface area contributed by atoms with Gasteiger partial charge in [-0.25, -0.2) is 0 Å². The first-order chi connectivity index (χ1) is 8.25. The molecule has 0 spiro atoms. The molecule has 1 aromatic carbocycles. The fourth-order valence-corrected chi connectivity index (χ4v) is 1.90. The van der Waals surface area contributed by atoms with Gasteiger partial charge in [0.25, 0.3) is 0 Å². The van der Waals surface area contributed by atoms with Crippen molar-refractivity contribution in [3.63, 3.8) is 0 Å². The predicted molar refractivity (Wildman–Crippen MR) is 71.8 cm³/mol. The fourth-order valence-electron chi connectivity index (χ4n) is 1.90. The van der Waals surface area contributed by atoms with Gasteiger partial charge in [0.2, 0.25) is 0 Å². The molecule has 0 aromatic heterocycles. The normalized spacial score (nSPS) is 15.7. The van der Waals surface area contributed by atoms with Crippen LogP contribution in [0.2, 0.25) is 0 Å². The molecule has 0 saturated carbocycles. The van der Waals surface area contributed by atoms with Crippen LogP contribution in [0.3, 0.4) is 0 Å². The number of ether oxygens (including phenoxy) is 1. The van der Waals surface area contributed by atoms with Gasteiger partial charge in [0.1, 0.15) is 12.4 Å². The minimum absolute atomic E-state index is 0.588. The third kappa shape index (κ3) is 3.49. The summed E-state index contributed by atoms with van der Waals surface area (Å²) >= 11 is 0. The molecule has 0 amide bonds. The van der Waals surface area contributed by atoms with Crippen molar-refractivity contribution in [3.8, 4) is 5.75 Å². The summed E-state index contributed by atoms with van der Waals surface area (Å²) in [6.07, 6.45) is 0. The second kappa shape index (κ2) is 5.73. The van der Waals surface area contributed by atoms with Crippen molar-refractivity contribution in [2.75, 3.05) is 37.7 Å². The molecule has 1 aliphatic rings. The van der Waals surface area contributed by atoms with Crippen molar-refractivity contribution in [2.24, 2.45) is 0 Å². The lowest BCUT2D eigenvalue weighted by Gasteiger charge is -2.29. The number of nitrogens with one attached hydrogen (secondary N) is 1. The van der Waals surface area contributed by atoms with E-state index in [9.17, 15) is 0 Å². The Hall–Kier alpha value is -1.48. The minimum Gasteiger partial charge on any atom is -0.489 e. The van der Waals surface area contributed by atoms with E-state index in [1.54, 1.807) is 0 Å². The SMILES string of the molecule is C=C(C)COc1cccc(N2CCNCC2)c1. The van der Waals surface area contributed by atoms with Crippen LogP contribution in [0, 0.1) is 0 Å². The third-order valence-electron chi connectivity index (χ3n) is 2.78. The van der Waals surface area contributed by atoms with Crippen molar-refractivity contribution in [1.82, 2.24) is 5.32 Å². The largest absolute Gasteiger partial charge is 0.489 e. The predicted octanol–water partition coefficient (Wildman–Crippen LogP) is 2.05. The highest BCUT2D eigenvalue weighted by Crippen LogP contribution is 2.21. The van der Waals surface area contributed by atoms with Crippen molar-refractivity contribution < 1.29 is 4.74 Å². The third-order valence-corrected chi connectivity index (χ3v) is 2.78. The van der Waals surface area contributed by atoms with Gasteiger partial charge in [-0.15, -0.1) is 0 Å². The number of hydrogen-bond acceptors (Lipinski definition) is 3. The smallest absolute Gasteiger partial charge is 0.121 e. The molecular weight excluding hydrogens is 212 g/mol. The second-order valence-electron chi connectivity index (χ2n) is 4.48. The monoisotopic (exact) mass is 232 g/mol. The van der Waals surface area contributed by atoms with Crippen molar-refractivity contribution in [3.05, 3.63) is 36.4 Å². The summed E-state index contributed by atoms with van der Waals surface area (Å²) in [6, 6.07) is 8.28. The molecule has 17 heavy (non-hydrogen) atoms. The number of piperazine rings is 1. The Morgan fingerprint density at radius 1 is 1.41 bits per heavy atom. The van der Waals surface area contributed by atoms with Crippen LogP contribution >= 0.6 is 0 Å². The Morgan fingerprint density at radius 3 is 2.88 bits per heavy atom. The van der Waals surface area contributed by atoms with E-state index in [-0.39, 0.29) is 0 Å². The fraction of sp³-hybridized carbons (Fsp3) is 0.429. The van der Waals surface area contributed by atoms with E-state index < -0.39 is 0 Å². The van der Waals surface area contributed by atoms with E-state index >= 15 is 0 Å². The zero-order valence-corrected chi connectivity index (χ0v) is 10.4. The summed E-state index contributed by atoms with van der Waals surface area (Å²) < 4.78 is 5.66. The maximum atomic E-state index is 5.66. The highest BCUT2D eigenvalue weighted by Gasteiger charge is 2.10. The summed E-state index contributed by atoms with van der Waals surface area (Å²) in [5.74, 6) is 0.920. The summed E-state index contributed by atoms with van der Waals surface area (Å²) in [5.41, 5.74) is 2.28. The molecule has 92 valence electrons. The van der Waals surface area contributed by atoms with Crippen LogP contribution in [-0.4, -0.2) is 32.8 Å². The molecule has 3 nitrogen and oxygen atoms in total. The highest BCUT2D eigenvalue weighted by atomic mass is 16.5. The Morgan fingerprint density at radius 2 is 2.18 bits per heavy atom. The molecule has 1 heterocycles. The van der Waals surface area contributed by atoms with Gasteiger partial charge in [0.15, 0.2) is 0 Å². The maximum Gasteiger partial charge on any atom is 0.121 e. The van der Waals surface area contributed by atoms with Gasteiger partial charge >= 0.3 is 0 Å². The van der Waals surface area contributed by atoms with Gasteiger partial charge < -0.3 is 15.0 Å². The summed E-state index contributed by atoms with van der Waals surface area (Å²) in [5, 5.41) is 3.35. The van der Waals surface area contributed by atoms with E-state index in [0.29, 0.717) is 6.61 Å². The topological polar surface area (TPSA) is 24.5 Å². The van der Waals surface area contributed by atoms with Gasteiger partial charge in [-0.2, -0.15) is 0 Å². The number of rotatable bonds is 4. The van der Waals surface area contributed by atoms with Crippen LogP contribution in [0.5, 0.6) is 5.75 Å². The van der Waals surface area contributed by atoms with Crippen LogP contribution < -0.4 is 15.0 Å². The molecule has 1 fully saturated rings. The molecule has 0 radical (unpaired) electrons. The molecule has 3 heteroatoms. The zero-order chi connectivity index (χ0) is 12.1. The van der Waals surface area contributed by atoms with Crippen LogP contribution in [0.25, 0.3) is 0 Å². The zero-order valence-electron chi connectivity index (χ0n) is 10.4. The number of anilines is 1. The van der Waals surface area contributed by atoms with Crippen LogP contribution in [0.15, 0.2) is 36.4 Å². The van der Waals surface area contributed by atoms with Crippen LogP contribution in [0.4, 0.5) is 5.69 Å². The van der Waals surface area contributed by atoms with Crippen LogP contribution in [-0.2, 0) is 0 Å². The molecule has 1 aliphatic heterocycles. The average Bonchev–Trinajstić information content (AvgIpc) is 2.38. The molecule has 1 aromatic rings. The van der Waals surface area contributed by atoms with Crippen molar-refractivity contribution >= 4 is 5.69 Å². The molecule has 0 unspecified atom stereocenters. The van der Waals surface area contributed by atoms with Crippen LogP contribution in [0.1, 0.15) is 6.92 Å². The summed E-state index contributed by atoms with van der Waals surface area (Å²) in [4.78, 5) is 2.38. The molecule has 0 atom stereocenters. The first kappa shape index (κ1) is 12.0. The van der Waals surface area contributed by atoms with E-state index in [1.165, 1.54) is 5.69 Å². The Labute approximate surface area is 103 Å². The number of benzene rings is 1. The highest BCUT2D eigenvalue weighted by molar-refractivity contribution is 5.51. The van der Waals surface area contributed by atoms with Gasteiger partial charge in [0.05, 0.1) is 0 Å². The molecule has 1 N–H and O–H groups in total. The molecule has 0 bridgehead atoms. The lowest BCUT2D eigenvalue weighted by atomic mass is 10.2. The van der Waals surface area contributed by atoms with E-state index in [0.717, 1.165) is 37.5 Å². The number of nitrogens with zero attached hydrogens (tertiary/aromatic N) is 1. The average molecular weight is 232 g/mol. The summed E-state index contributed by atoms with van der Waals surface area (Å²) in [6.45, 7) is 10.6. The van der Waals surface area contributed by atoms with E-state index in [2.05, 4.69) is 28.9 Å². The maximum absolute atomic E-state index is 5.66. The van der Waals surface area contributed by atoms with E-state index in [1.807, 2.05) is 19.1 Å². The minimum atomic E-state index is 0.588. The standard InChI is InChI=1S/C14H20N2O/c1-12(2)11-17-14-5-3-4-13(10-14)16-8-6-15-7-9-16/h3-5,10,15H,1,6-9,11H2,2H3. The molecule has 1 saturated heterocycles. The molecular formula is C14H20N2O. The molecule has 0 aliphatic carbocycles. The van der Waals surface area contributed by atoms with Gasteiger partial charge in [-0.3, -0.25) is 0 Å². The Bertz CT molecular complexity index is 384. The second-order valence-corrected chi connectivity index (χ2v) is 4.48. The summed E-state index contributed by atoms with van der Waals surface area (Å²) in [7, 11) is 0. The van der Waals surface area contributed by atoms with Crippen molar-refractivity contribution in [1.29, 1.82) is 0 Å². The van der Waals surface area contributed by atoms with Gasteiger partial charge in [-0.1, -0.05) is 12.6 Å².